The first-order chi connectivity index (χ1) is 14.9. The van der Waals surface area contributed by atoms with Crippen molar-refractivity contribution in [3.05, 3.63) is 66.2 Å². The summed E-state index contributed by atoms with van der Waals surface area (Å²) in [5.74, 6) is -0.404. The largest absolute Gasteiger partial charge is 0.573 e. The fraction of sp³-hybridized carbons (Fsp3) is 0.261. The van der Waals surface area contributed by atoms with Gasteiger partial charge in [-0.1, -0.05) is 42.5 Å². The minimum absolute atomic E-state index is 0.130. The maximum atomic E-state index is 13.0. The second kappa shape index (κ2) is 8.56. The molecule has 1 aliphatic rings. The van der Waals surface area contributed by atoms with Gasteiger partial charge in [-0.15, -0.1) is 13.2 Å². The van der Waals surface area contributed by atoms with E-state index in [1.807, 2.05) is 6.07 Å². The summed E-state index contributed by atoms with van der Waals surface area (Å²) in [4.78, 5) is 14.7. The highest BCUT2D eigenvalue weighted by Gasteiger charge is 2.32. The van der Waals surface area contributed by atoms with Gasteiger partial charge in [0, 0.05) is 30.8 Å². The molecule has 8 heteroatoms. The van der Waals surface area contributed by atoms with Crippen LogP contribution in [0.2, 0.25) is 0 Å². The molecule has 1 fully saturated rings. The molecule has 0 aliphatic carbocycles. The minimum atomic E-state index is -4.79. The van der Waals surface area contributed by atoms with Crippen LogP contribution in [0.5, 0.6) is 5.75 Å². The molecule has 1 amide bonds. The standard InChI is InChI=1S/C23H21F3N2O3/c24-23(25,26)31-21-7-2-1-5-20(21)19-6-3-4-15-12-16(8-9-18(15)19)22(29)28-10-11-30-17(13-27)14-28/h1-9,12,17H,10-11,13-14,27H2. The molecule has 1 heterocycles. The number of benzene rings is 3. The third kappa shape index (κ3) is 4.65. The highest BCUT2D eigenvalue weighted by atomic mass is 19.4. The van der Waals surface area contributed by atoms with E-state index in [0.29, 0.717) is 42.9 Å². The van der Waals surface area contributed by atoms with Crippen molar-refractivity contribution in [2.24, 2.45) is 5.73 Å². The van der Waals surface area contributed by atoms with Crippen molar-refractivity contribution in [1.82, 2.24) is 4.90 Å². The Hall–Kier alpha value is -3.10. The molecular formula is C23H21F3N2O3. The number of hydrogen-bond donors (Lipinski definition) is 1. The maximum Gasteiger partial charge on any atom is 0.573 e. The van der Waals surface area contributed by atoms with Crippen molar-refractivity contribution < 1.29 is 27.4 Å². The molecule has 1 unspecified atom stereocenters. The molecule has 31 heavy (non-hydrogen) atoms. The molecule has 4 rings (SSSR count). The highest BCUT2D eigenvalue weighted by Crippen LogP contribution is 2.37. The fourth-order valence-corrected chi connectivity index (χ4v) is 3.78. The predicted molar refractivity (Wildman–Crippen MR) is 111 cm³/mol. The van der Waals surface area contributed by atoms with E-state index in [-0.39, 0.29) is 17.8 Å². The normalized spacial score (nSPS) is 17.0. The molecule has 0 saturated carbocycles. The molecule has 1 atom stereocenters. The Morgan fingerprint density at radius 1 is 1.10 bits per heavy atom. The van der Waals surface area contributed by atoms with E-state index >= 15 is 0 Å². The number of nitrogens with zero attached hydrogens (tertiary/aromatic N) is 1. The van der Waals surface area contributed by atoms with Gasteiger partial charge in [-0.05, 0) is 34.5 Å². The molecule has 3 aromatic rings. The minimum Gasteiger partial charge on any atom is -0.405 e. The Labute approximate surface area is 177 Å². The number of rotatable bonds is 4. The van der Waals surface area contributed by atoms with Crippen LogP contribution in [0.25, 0.3) is 21.9 Å². The van der Waals surface area contributed by atoms with Crippen molar-refractivity contribution in [3.8, 4) is 16.9 Å². The summed E-state index contributed by atoms with van der Waals surface area (Å²) in [5.41, 5.74) is 7.07. The first-order valence-electron chi connectivity index (χ1n) is 9.84. The molecule has 0 spiro atoms. The summed E-state index contributed by atoms with van der Waals surface area (Å²) in [7, 11) is 0. The van der Waals surface area contributed by atoms with E-state index in [2.05, 4.69) is 4.74 Å². The molecule has 0 radical (unpaired) electrons. The van der Waals surface area contributed by atoms with Crippen LogP contribution in [0.3, 0.4) is 0 Å². The zero-order valence-electron chi connectivity index (χ0n) is 16.6. The topological polar surface area (TPSA) is 64.8 Å². The van der Waals surface area contributed by atoms with Crippen molar-refractivity contribution in [3.63, 3.8) is 0 Å². The lowest BCUT2D eigenvalue weighted by Gasteiger charge is -2.32. The zero-order chi connectivity index (χ0) is 22.0. The van der Waals surface area contributed by atoms with E-state index in [1.165, 1.54) is 12.1 Å². The second-order valence-electron chi connectivity index (χ2n) is 7.27. The number of carbonyl (C=O) groups is 1. The fourth-order valence-electron chi connectivity index (χ4n) is 3.78. The summed E-state index contributed by atoms with van der Waals surface area (Å²) >= 11 is 0. The van der Waals surface area contributed by atoms with Gasteiger partial charge in [0.25, 0.3) is 5.91 Å². The van der Waals surface area contributed by atoms with E-state index in [1.54, 1.807) is 47.4 Å². The van der Waals surface area contributed by atoms with Gasteiger partial charge in [-0.25, -0.2) is 0 Å². The van der Waals surface area contributed by atoms with E-state index < -0.39 is 6.36 Å². The number of hydrogen-bond acceptors (Lipinski definition) is 4. The SMILES string of the molecule is NCC1CN(C(=O)c2ccc3c(-c4ccccc4OC(F)(F)F)cccc3c2)CCO1. The number of amides is 1. The predicted octanol–water partition coefficient (Wildman–Crippen LogP) is 4.21. The second-order valence-corrected chi connectivity index (χ2v) is 7.27. The van der Waals surface area contributed by atoms with Crippen molar-refractivity contribution >= 4 is 16.7 Å². The average Bonchev–Trinajstić information content (AvgIpc) is 2.77. The van der Waals surface area contributed by atoms with Gasteiger partial charge in [-0.2, -0.15) is 0 Å². The van der Waals surface area contributed by atoms with Crippen molar-refractivity contribution in [2.45, 2.75) is 12.5 Å². The van der Waals surface area contributed by atoms with Gasteiger partial charge in [-0.3, -0.25) is 4.79 Å². The van der Waals surface area contributed by atoms with Crippen LogP contribution < -0.4 is 10.5 Å². The Morgan fingerprint density at radius 2 is 1.87 bits per heavy atom. The number of ether oxygens (including phenoxy) is 2. The van der Waals surface area contributed by atoms with Crippen LogP contribution in [0.1, 0.15) is 10.4 Å². The number of morpholine rings is 1. The number of fused-ring (bicyclic) bond motifs is 1. The van der Waals surface area contributed by atoms with Gasteiger partial charge < -0.3 is 20.1 Å². The molecule has 5 nitrogen and oxygen atoms in total. The first kappa shape index (κ1) is 21.1. The summed E-state index contributed by atoms with van der Waals surface area (Å²) < 4.78 is 48.3. The maximum absolute atomic E-state index is 13.0. The Balaban J connectivity index is 1.69. The molecule has 162 valence electrons. The van der Waals surface area contributed by atoms with Gasteiger partial charge in [0.2, 0.25) is 0 Å². The van der Waals surface area contributed by atoms with Crippen LogP contribution in [-0.2, 0) is 4.74 Å². The Kier molecular flexibility index (Phi) is 5.84. The van der Waals surface area contributed by atoms with Gasteiger partial charge in [0.1, 0.15) is 5.75 Å². The molecule has 3 aromatic carbocycles. The van der Waals surface area contributed by atoms with Crippen LogP contribution in [0.15, 0.2) is 60.7 Å². The first-order valence-corrected chi connectivity index (χ1v) is 9.84. The van der Waals surface area contributed by atoms with Crippen LogP contribution in [0.4, 0.5) is 13.2 Å². The third-order valence-corrected chi connectivity index (χ3v) is 5.22. The van der Waals surface area contributed by atoms with Crippen molar-refractivity contribution in [2.75, 3.05) is 26.2 Å². The lowest BCUT2D eigenvalue weighted by molar-refractivity contribution is -0.274. The third-order valence-electron chi connectivity index (χ3n) is 5.22. The monoisotopic (exact) mass is 430 g/mol. The molecule has 2 N–H and O–H groups in total. The average molecular weight is 430 g/mol. The smallest absolute Gasteiger partial charge is 0.405 e. The number of para-hydroxylation sites is 1. The van der Waals surface area contributed by atoms with Crippen LogP contribution in [0, 0.1) is 0 Å². The summed E-state index contributed by atoms with van der Waals surface area (Å²) in [6.45, 7) is 1.68. The number of alkyl halides is 3. The van der Waals surface area contributed by atoms with Gasteiger partial charge >= 0.3 is 6.36 Å². The highest BCUT2D eigenvalue weighted by molar-refractivity contribution is 6.03. The molecule has 0 bridgehead atoms. The van der Waals surface area contributed by atoms with Gasteiger partial charge in [0.15, 0.2) is 0 Å². The Morgan fingerprint density at radius 3 is 2.65 bits per heavy atom. The van der Waals surface area contributed by atoms with E-state index in [0.717, 1.165) is 10.8 Å². The summed E-state index contributed by atoms with van der Waals surface area (Å²) in [6.07, 6.45) is -4.98. The van der Waals surface area contributed by atoms with E-state index in [4.69, 9.17) is 10.5 Å². The van der Waals surface area contributed by atoms with Gasteiger partial charge in [0.05, 0.1) is 12.7 Å². The number of halogens is 3. The lowest BCUT2D eigenvalue weighted by atomic mass is 9.96. The number of carbonyl (C=O) groups excluding carboxylic acids is 1. The molecule has 1 saturated heterocycles. The van der Waals surface area contributed by atoms with Crippen LogP contribution in [-0.4, -0.2) is 49.5 Å². The van der Waals surface area contributed by atoms with Crippen molar-refractivity contribution in [1.29, 1.82) is 0 Å². The van der Waals surface area contributed by atoms with Crippen LogP contribution >= 0.6 is 0 Å². The number of nitrogens with two attached hydrogens (primary N) is 1. The molecule has 1 aliphatic heterocycles. The molecule has 0 aromatic heterocycles. The molecular weight excluding hydrogens is 409 g/mol. The lowest BCUT2D eigenvalue weighted by Crippen LogP contribution is -2.48. The van der Waals surface area contributed by atoms with E-state index in [9.17, 15) is 18.0 Å². The quantitative estimate of drug-likeness (QED) is 0.674. The zero-order valence-corrected chi connectivity index (χ0v) is 16.6. The summed E-state index contributed by atoms with van der Waals surface area (Å²) in [6, 6.07) is 16.5. The Bertz CT molecular complexity index is 1100. The summed E-state index contributed by atoms with van der Waals surface area (Å²) in [5, 5.41) is 1.47.